The number of aliphatic hydroxyl groups is 1. The van der Waals surface area contributed by atoms with Gasteiger partial charge in [-0.15, -0.1) is 0 Å². The lowest BCUT2D eigenvalue weighted by Crippen LogP contribution is -2.42. The molecule has 0 bridgehead atoms. The van der Waals surface area contributed by atoms with E-state index in [2.05, 4.69) is 6.92 Å². The highest BCUT2D eigenvalue weighted by atomic mass is 16.3. The first-order valence-corrected chi connectivity index (χ1v) is 5.40. The Labute approximate surface area is 75.2 Å². The minimum absolute atomic E-state index is 0.0176. The summed E-state index contributed by atoms with van der Waals surface area (Å²) in [6, 6.07) is 0. The minimum Gasteiger partial charge on any atom is -0.393 e. The van der Waals surface area contributed by atoms with Gasteiger partial charge < -0.3 is 5.11 Å². The van der Waals surface area contributed by atoms with E-state index in [4.69, 9.17) is 0 Å². The second kappa shape index (κ2) is 3.02. The summed E-state index contributed by atoms with van der Waals surface area (Å²) in [7, 11) is 0. The third-order valence-corrected chi connectivity index (χ3v) is 4.12. The fourth-order valence-corrected chi connectivity index (χ4v) is 3.31. The van der Waals surface area contributed by atoms with Gasteiger partial charge in [-0.3, -0.25) is 0 Å². The Bertz CT molecular complexity index is 162. The van der Waals surface area contributed by atoms with Crippen molar-refractivity contribution in [3.63, 3.8) is 0 Å². The molecule has 2 aliphatic rings. The summed E-state index contributed by atoms with van der Waals surface area (Å²) in [6.07, 6.45) is 9.04. The average Bonchev–Trinajstić information content (AvgIpc) is 2.04. The Kier molecular flexibility index (Phi) is 2.16. The first-order chi connectivity index (χ1) is 5.72. The van der Waals surface area contributed by atoms with E-state index in [0.717, 1.165) is 6.42 Å². The molecule has 2 fully saturated rings. The topological polar surface area (TPSA) is 20.2 Å². The van der Waals surface area contributed by atoms with E-state index in [0.29, 0.717) is 11.3 Å². The van der Waals surface area contributed by atoms with Crippen LogP contribution in [0.5, 0.6) is 0 Å². The quantitative estimate of drug-likeness (QED) is 0.589. The van der Waals surface area contributed by atoms with Gasteiger partial charge in [-0.25, -0.2) is 0 Å². The molecule has 3 atom stereocenters. The molecule has 1 heteroatoms. The average molecular weight is 168 g/mol. The van der Waals surface area contributed by atoms with Gasteiger partial charge in [0.05, 0.1) is 6.10 Å². The summed E-state index contributed by atoms with van der Waals surface area (Å²) in [6.45, 7) is 2.39. The van der Waals surface area contributed by atoms with Crippen LogP contribution in [0, 0.1) is 11.3 Å². The second-order valence-electron chi connectivity index (χ2n) is 4.97. The molecule has 0 saturated heterocycles. The molecule has 0 aliphatic heterocycles. The zero-order chi connectivity index (χ0) is 8.60. The smallest absolute Gasteiger partial charge is 0.0573 e. The van der Waals surface area contributed by atoms with Crippen molar-refractivity contribution in [3.8, 4) is 0 Å². The lowest BCUT2D eigenvalue weighted by Gasteiger charge is -2.47. The van der Waals surface area contributed by atoms with Gasteiger partial charge in [0.1, 0.15) is 0 Å². The van der Waals surface area contributed by atoms with Gasteiger partial charge in [0, 0.05) is 0 Å². The summed E-state index contributed by atoms with van der Waals surface area (Å²) >= 11 is 0. The predicted molar refractivity (Wildman–Crippen MR) is 49.9 cm³/mol. The van der Waals surface area contributed by atoms with Crippen molar-refractivity contribution < 1.29 is 5.11 Å². The summed E-state index contributed by atoms with van der Waals surface area (Å²) < 4.78 is 0. The molecule has 0 aromatic rings. The van der Waals surface area contributed by atoms with Crippen molar-refractivity contribution in [2.75, 3.05) is 0 Å². The van der Waals surface area contributed by atoms with Crippen LogP contribution in [-0.2, 0) is 0 Å². The van der Waals surface area contributed by atoms with E-state index >= 15 is 0 Å². The first-order valence-electron chi connectivity index (χ1n) is 5.40. The van der Waals surface area contributed by atoms with Crippen molar-refractivity contribution in [2.24, 2.45) is 11.3 Å². The van der Waals surface area contributed by atoms with Gasteiger partial charge in [-0.05, 0) is 37.0 Å². The van der Waals surface area contributed by atoms with Crippen LogP contribution in [0.15, 0.2) is 0 Å². The molecular formula is C11H20O. The van der Waals surface area contributed by atoms with E-state index in [1.807, 2.05) is 0 Å². The first kappa shape index (κ1) is 8.55. The summed E-state index contributed by atoms with van der Waals surface area (Å²) in [5, 5.41) is 9.87. The molecule has 1 nitrogen and oxygen atoms in total. The van der Waals surface area contributed by atoms with Crippen molar-refractivity contribution in [1.82, 2.24) is 0 Å². The van der Waals surface area contributed by atoms with Gasteiger partial charge in [0.25, 0.3) is 0 Å². The van der Waals surface area contributed by atoms with Crippen LogP contribution < -0.4 is 0 Å². The SMILES string of the molecule is C[C@]12CCCCC1[C@H](O)CCC2. The number of fused-ring (bicyclic) bond motifs is 1. The van der Waals surface area contributed by atoms with E-state index in [9.17, 15) is 5.11 Å². The van der Waals surface area contributed by atoms with Gasteiger partial charge >= 0.3 is 0 Å². The van der Waals surface area contributed by atoms with E-state index in [1.165, 1.54) is 38.5 Å². The number of hydrogen-bond acceptors (Lipinski definition) is 1. The van der Waals surface area contributed by atoms with Crippen LogP contribution in [0.2, 0.25) is 0 Å². The van der Waals surface area contributed by atoms with Crippen LogP contribution >= 0.6 is 0 Å². The van der Waals surface area contributed by atoms with Gasteiger partial charge in [-0.1, -0.05) is 26.2 Å². The molecule has 2 rings (SSSR count). The Morgan fingerprint density at radius 2 is 1.83 bits per heavy atom. The lowest BCUT2D eigenvalue weighted by molar-refractivity contribution is -0.0436. The van der Waals surface area contributed by atoms with Gasteiger partial charge in [0.2, 0.25) is 0 Å². The van der Waals surface area contributed by atoms with Crippen LogP contribution in [0.1, 0.15) is 51.9 Å². The Morgan fingerprint density at radius 3 is 2.58 bits per heavy atom. The largest absolute Gasteiger partial charge is 0.393 e. The number of rotatable bonds is 0. The van der Waals surface area contributed by atoms with Crippen molar-refractivity contribution in [2.45, 2.75) is 58.0 Å². The van der Waals surface area contributed by atoms with Gasteiger partial charge in [0.15, 0.2) is 0 Å². The Morgan fingerprint density at radius 1 is 1.08 bits per heavy atom. The lowest BCUT2D eigenvalue weighted by atomic mass is 9.59. The monoisotopic (exact) mass is 168 g/mol. The third-order valence-electron chi connectivity index (χ3n) is 4.12. The predicted octanol–water partition coefficient (Wildman–Crippen LogP) is 2.73. The fourth-order valence-electron chi connectivity index (χ4n) is 3.31. The number of hydrogen-bond donors (Lipinski definition) is 1. The highest BCUT2D eigenvalue weighted by molar-refractivity contribution is 4.93. The van der Waals surface area contributed by atoms with E-state index < -0.39 is 0 Å². The zero-order valence-electron chi connectivity index (χ0n) is 8.05. The summed E-state index contributed by atoms with van der Waals surface area (Å²) in [4.78, 5) is 0. The molecule has 0 aromatic heterocycles. The molecule has 0 aromatic carbocycles. The van der Waals surface area contributed by atoms with Crippen molar-refractivity contribution >= 4 is 0 Å². The van der Waals surface area contributed by atoms with E-state index in [1.54, 1.807) is 0 Å². The van der Waals surface area contributed by atoms with Crippen molar-refractivity contribution in [3.05, 3.63) is 0 Å². The normalized spacial score (nSPS) is 48.5. The van der Waals surface area contributed by atoms with Crippen LogP contribution in [0.25, 0.3) is 0 Å². The summed E-state index contributed by atoms with van der Waals surface area (Å²) in [5.41, 5.74) is 0.496. The van der Waals surface area contributed by atoms with Gasteiger partial charge in [-0.2, -0.15) is 0 Å². The maximum absolute atomic E-state index is 9.87. The fraction of sp³-hybridized carbons (Fsp3) is 1.00. The third kappa shape index (κ3) is 1.28. The molecule has 12 heavy (non-hydrogen) atoms. The van der Waals surface area contributed by atoms with Crippen LogP contribution in [0.3, 0.4) is 0 Å². The molecule has 0 radical (unpaired) electrons. The zero-order valence-corrected chi connectivity index (χ0v) is 8.05. The van der Waals surface area contributed by atoms with Crippen LogP contribution in [0.4, 0.5) is 0 Å². The molecular weight excluding hydrogens is 148 g/mol. The molecule has 0 amide bonds. The molecule has 70 valence electrons. The minimum atomic E-state index is 0.0176. The summed E-state index contributed by atoms with van der Waals surface area (Å²) in [5.74, 6) is 0.625. The highest BCUT2D eigenvalue weighted by Crippen LogP contribution is 2.49. The molecule has 2 saturated carbocycles. The highest BCUT2D eigenvalue weighted by Gasteiger charge is 2.42. The standard InChI is InChI=1S/C11H20O/c1-11-7-3-2-5-9(11)10(12)6-4-8-11/h9-10,12H,2-8H2,1H3/t9?,10-,11-/m1/s1. The molecule has 0 spiro atoms. The molecule has 1 unspecified atom stereocenters. The Hall–Kier alpha value is -0.0400. The van der Waals surface area contributed by atoms with E-state index in [-0.39, 0.29) is 6.10 Å². The number of aliphatic hydroxyl groups excluding tert-OH is 1. The van der Waals surface area contributed by atoms with Crippen molar-refractivity contribution in [1.29, 1.82) is 0 Å². The van der Waals surface area contributed by atoms with Crippen LogP contribution in [-0.4, -0.2) is 11.2 Å². The molecule has 1 N–H and O–H groups in total. The maximum Gasteiger partial charge on any atom is 0.0573 e. The second-order valence-corrected chi connectivity index (χ2v) is 4.97. The molecule has 0 heterocycles. The maximum atomic E-state index is 9.87. The molecule has 2 aliphatic carbocycles. The Balaban J connectivity index is 2.12.